The zero-order valence-corrected chi connectivity index (χ0v) is 35.0. The number of methoxy groups -OCH3 is 1. The molecule has 18 nitrogen and oxygen atoms in total. The number of likely N-dealkylation sites (tertiary alicyclic amines) is 2. The van der Waals surface area contributed by atoms with Crippen molar-refractivity contribution in [1.82, 2.24) is 30.1 Å². The summed E-state index contributed by atoms with van der Waals surface area (Å²) in [4.78, 5) is 89.6. The minimum absolute atomic E-state index is 0.0839. The molecule has 0 radical (unpaired) electrons. The largest absolute Gasteiger partial charge is 0.497 e. The van der Waals surface area contributed by atoms with E-state index in [9.17, 15) is 37.2 Å². The molecule has 5 aliphatic rings. The van der Waals surface area contributed by atoms with E-state index in [4.69, 9.17) is 18.9 Å². The lowest BCUT2D eigenvalue weighted by molar-refractivity contribution is -0.147. The van der Waals surface area contributed by atoms with E-state index in [0.29, 0.717) is 49.8 Å². The molecule has 19 heteroatoms. The molecular formula is C41H52N6O12S. The average molecular weight is 853 g/mol. The van der Waals surface area contributed by atoms with E-state index in [1.165, 1.54) is 15.9 Å². The van der Waals surface area contributed by atoms with E-state index in [-0.39, 0.29) is 44.2 Å². The van der Waals surface area contributed by atoms with Gasteiger partial charge in [-0.3, -0.25) is 23.9 Å². The summed E-state index contributed by atoms with van der Waals surface area (Å²) < 4.78 is 50.5. The Morgan fingerprint density at radius 2 is 1.85 bits per heavy atom. The van der Waals surface area contributed by atoms with Gasteiger partial charge in [0.15, 0.2) is 0 Å². The molecular weight excluding hydrogens is 801 g/mol. The van der Waals surface area contributed by atoms with E-state index in [1.807, 2.05) is 0 Å². The first-order valence-electron chi connectivity index (χ1n) is 20.3. The first kappa shape index (κ1) is 42.7. The summed E-state index contributed by atoms with van der Waals surface area (Å²) in [6.45, 7) is 8.89. The summed E-state index contributed by atoms with van der Waals surface area (Å²) in [5.41, 5.74) is -2.61. The molecule has 0 spiro atoms. The molecule has 1 aromatic heterocycles. The predicted molar refractivity (Wildman–Crippen MR) is 214 cm³/mol. The number of ether oxygens (including phenoxy) is 4. The van der Waals surface area contributed by atoms with Gasteiger partial charge in [-0.05, 0) is 82.5 Å². The number of nitrogens with zero attached hydrogens (tertiary/aromatic N) is 3. The van der Waals surface area contributed by atoms with E-state index in [2.05, 4.69) is 26.9 Å². The number of aromatic nitrogens is 1. The second-order valence-electron chi connectivity index (χ2n) is 17.1. The Hall–Kier alpha value is -5.46. The Morgan fingerprint density at radius 1 is 1.08 bits per heavy atom. The van der Waals surface area contributed by atoms with Gasteiger partial charge in [0.25, 0.3) is 5.91 Å². The molecule has 3 N–H and O–H groups in total. The van der Waals surface area contributed by atoms with Crippen LogP contribution in [0.4, 0.5) is 4.79 Å². The fraction of sp³-hybridized carbons (Fsp3) is 0.585. The Morgan fingerprint density at radius 3 is 2.52 bits per heavy atom. The van der Waals surface area contributed by atoms with Crippen LogP contribution in [-0.4, -0.2) is 126 Å². The zero-order valence-electron chi connectivity index (χ0n) is 34.1. The number of hydrogen-bond donors (Lipinski definition) is 3. The third kappa shape index (κ3) is 8.86. The Balaban J connectivity index is 1.17. The van der Waals surface area contributed by atoms with Gasteiger partial charge in [-0.15, -0.1) is 6.58 Å². The topological polar surface area (TPSA) is 229 Å². The molecule has 324 valence electrons. The molecule has 7 unspecified atom stereocenters. The third-order valence-electron chi connectivity index (χ3n) is 11.8. The number of fused-ring (bicyclic) bond motifs is 3. The van der Waals surface area contributed by atoms with Crippen molar-refractivity contribution in [3.05, 3.63) is 43.1 Å². The lowest BCUT2D eigenvalue weighted by Gasteiger charge is -2.47. The molecule has 1 aromatic carbocycles. The van der Waals surface area contributed by atoms with Crippen LogP contribution in [0.1, 0.15) is 78.6 Å². The van der Waals surface area contributed by atoms with Crippen LogP contribution in [0.15, 0.2) is 43.1 Å². The van der Waals surface area contributed by atoms with E-state index >= 15 is 0 Å². The van der Waals surface area contributed by atoms with Crippen molar-refractivity contribution in [3.8, 4) is 11.6 Å². The maximum Gasteiger partial charge on any atom is 0.408 e. The summed E-state index contributed by atoms with van der Waals surface area (Å²) in [7, 11) is -2.43. The zero-order chi connectivity index (χ0) is 43.1. The van der Waals surface area contributed by atoms with Crippen molar-refractivity contribution in [2.45, 2.75) is 125 Å². The first-order chi connectivity index (χ1) is 28.4. The highest BCUT2D eigenvalue weighted by molar-refractivity contribution is 7.91. The summed E-state index contributed by atoms with van der Waals surface area (Å²) in [5.74, 6) is -3.06. The van der Waals surface area contributed by atoms with Crippen LogP contribution in [0.5, 0.6) is 11.6 Å². The quantitative estimate of drug-likeness (QED) is 0.183. The van der Waals surface area contributed by atoms with Crippen LogP contribution in [0, 0.1) is 5.92 Å². The summed E-state index contributed by atoms with van der Waals surface area (Å²) >= 11 is 0. The highest BCUT2D eigenvalue weighted by Gasteiger charge is 2.56. The average Bonchev–Trinajstić information content (AvgIpc) is 3.91. The van der Waals surface area contributed by atoms with E-state index in [1.54, 1.807) is 58.3 Å². The molecule has 7 atom stereocenters. The standard InChI is InChI=1S/C41H52N6O12S/c1-6-24-13-16-41(24,38(52)45-60(54,55)28-8-9-28)44-34(49)31-21-27(57-35-29-10-7-25(56-5)19-23(29)14-17-42-35)22-47(31)36(50)30(43-39(53)59-40(2,3)4)11-12-33(48)46-18-15-26-20-32(46)37(51)58-26/h6-7,10,14,17,19,24,26-28,30-32H,1,8-9,11-13,15-16,18,20-22H2,2-5H3,(H,43,53)(H,44,49)(H,45,52). The third-order valence-corrected chi connectivity index (χ3v) is 13.7. The molecule has 2 saturated carbocycles. The SMILES string of the molecule is C=CC1CCC1(NC(=O)C1CC(Oc2nccc3cc(OC)ccc23)CN1C(=O)C(CCC(=O)N1CCC2CC1C(=O)O2)NC(=O)OC(C)(C)C)C(=O)NS(=O)(=O)C1CC1. The van der Waals surface area contributed by atoms with Gasteiger partial charge in [-0.2, -0.15) is 0 Å². The molecule has 2 aromatic rings. The van der Waals surface area contributed by atoms with Crippen molar-refractivity contribution in [3.63, 3.8) is 0 Å². The van der Waals surface area contributed by atoms with Crippen molar-refractivity contribution in [2.75, 3.05) is 20.2 Å². The van der Waals surface area contributed by atoms with Gasteiger partial charge in [0.2, 0.25) is 33.6 Å². The smallest absolute Gasteiger partial charge is 0.408 e. The summed E-state index contributed by atoms with van der Waals surface area (Å²) in [6.07, 6.45) is 2.74. The van der Waals surface area contributed by atoms with Gasteiger partial charge in [-0.25, -0.2) is 23.0 Å². The maximum atomic E-state index is 14.8. The first-order valence-corrected chi connectivity index (χ1v) is 21.9. The lowest BCUT2D eigenvalue weighted by Crippen LogP contribution is -2.70. The van der Waals surface area contributed by atoms with Crippen LogP contribution in [0.25, 0.3) is 10.8 Å². The summed E-state index contributed by atoms with van der Waals surface area (Å²) in [5, 5.41) is 6.11. The molecule has 2 aliphatic carbocycles. The number of nitrogens with one attached hydrogen (secondary N) is 3. The van der Waals surface area contributed by atoms with Crippen molar-refractivity contribution >= 4 is 56.5 Å². The normalized spacial score (nSPS) is 26.6. The molecule has 3 aliphatic heterocycles. The number of benzene rings is 1. The number of esters is 1. The maximum absolute atomic E-state index is 14.8. The number of sulfonamides is 1. The van der Waals surface area contributed by atoms with Crippen LogP contribution >= 0.6 is 0 Å². The summed E-state index contributed by atoms with van der Waals surface area (Å²) in [6, 6.07) is 3.69. The van der Waals surface area contributed by atoms with Gasteiger partial charge in [0, 0.05) is 49.7 Å². The van der Waals surface area contributed by atoms with Gasteiger partial charge in [0.05, 0.1) is 18.9 Å². The van der Waals surface area contributed by atoms with Crippen molar-refractivity contribution in [1.29, 1.82) is 0 Å². The fourth-order valence-corrected chi connectivity index (χ4v) is 9.77. The van der Waals surface area contributed by atoms with Crippen LogP contribution in [0.3, 0.4) is 0 Å². The highest BCUT2D eigenvalue weighted by atomic mass is 32.2. The van der Waals surface area contributed by atoms with Gasteiger partial charge >= 0.3 is 12.1 Å². The van der Waals surface area contributed by atoms with E-state index in [0.717, 1.165) is 5.39 Å². The molecule has 7 rings (SSSR count). The Kier molecular flexibility index (Phi) is 11.8. The van der Waals surface area contributed by atoms with Gasteiger partial charge in [0.1, 0.15) is 47.2 Å². The van der Waals surface area contributed by atoms with Gasteiger partial charge in [-0.1, -0.05) is 6.08 Å². The predicted octanol–water partition coefficient (Wildman–Crippen LogP) is 2.24. The molecule has 3 saturated heterocycles. The molecule has 2 bridgehead atoms. The molecule has 4 heterocycles. The van der Waals surface area contributed by atoms with Crippen LogP contribution < -0.4 is 24.8 Å². The van der Waals surface area contributed by atoms with Crippen molar-refractivity contribution in [2.24, 2.45) is 5.92 Å². The minimum atomic E-state index is -3.98. The number of rotatable bonds is 14. The number of carbonyl (C=O) groups is 6. The number of pyridine rings is 1. The Bertz CT molecular complexity index is 2190. The number of amides is 5. The molecule has 60 heavy (non-hydrogen) atoms. The number of carbonyl (C=O) groups excluding carboxylic acids is 6. The number of piperidine rings is 1. The van der Waals surface area contributed by atoms with E-state index < -0.39 is 92.3 Å². The fourth-order valence-electron chi connectivity index (χ4n) is 8.40. The Labute approximate surface area is 348 Å². The van der Waals surface area contributed by atoms with Gasteiger partial charge < -0.3 is 39.4 Å². The lowest BCUT2D eigenvalue weighted by atomic mass is 9.66. The second-order valence-corrected chi connectivity index (χ2v) is 19.1. The highest BCUT2D eigenvalue weighted by Crippen LogP contribution is 2.41. The van der Waals surface area contributed by atoms with Crippen LogP contribution in [-0.2, 0) is 43.5 Å². The molecule has 5 fully saturated rings. The minimum Gasteiger partial charge on any atom is -0.497 e. The van der Waals surface area contributed by atoms with Crippen molar-refractivity contribution < 1.29 is 56.1 Å². The van der Waals surface area contributed by atoms with Crippen LogP contribution in [0.2, 0.25) is 0 Å². The second kappa shape index (κ2) is 16.5. The number of alkyl carbamates (subject to hydrolysis) is 1. The number of hydrogen-bond acceptors (Lipinski definition) is 13. The molecule has 5 amide bonds. The monoisotopic (exact) mass is 852 g/mol.